The van der Waals surface area contributed by atoms with E-state index in [1.807, 2.05) is 38.1 Å². The molecule has 1 heterocycles. The van der Waals surface area contributed by atoms with Crippen LogP contribution in [0.4, 0.5) is 0 Å². The van der Waals surface area contributed by atoms with Crippen molar-refractivity contribution in [2.45, 2.75) is 37.6 Å². The van der Waals surface area contributed by atoms with Crippen LogP contribution in [0.5, 0.6) is 0 Å². The number of hydrogen-bond acceptors (Lipinski definition) is 2. The quantitative estimate of drug-likeness (QED) is 0.645. The van der Waals surface area contributed by atoms with Crippen LogP contribution in [0.3, 0.4) is 0 Å². The lowest BCUT2D eigenvalue weighted by Gasteiger charge is -2.18. The van der Waals surface area contributed by atoms with Gasteiger partial charge in [0.15, 0.2) is 0 Å². The van der Waals surface area contributed by atoms with E-state index in [1.165, 1.54) is 0 Å². The predicted molar refractivity (Wildman–Crippen MR) is 93.7 cm³/mol. The monoisotopic (exact) mass is 380 g/mol. The molecule has 0 spiro atoms. The zero-order valence-electron chi connectivity index (χ0n) is 13.2. The molecule has 0 aliphatic rings. The molecule has 23 heavy (non-hydrogen) atoms. The van der Waals surface area contributed by atoms with Crippen LogP contribution >= 0.6 is 15.9 Å². The van der Waals surface area contributed by atoms with E-state index in [0.717, 1.165) is 16.5 Å². The van der Waals surface area contributed by atoms with Crippen molar-refractivity contribution in [3.8, 4) is 0 Å². The molecule has 2 atom stereocenters. The zero-order valence-corrected chi connectivity index (χ0v) is 14.8. The summed E-state index contributed by atoms with van der Waals surface area (Å²) in [5.74, 6) is -0.971. The number of fused-ring (bicyclic) bond motifs is 1. The third-order valence-electron chi connectivity index (χ3n) is 3.68. The topological polar surface area (TPSA) is 82.2 Å². The molecule has 1 aromatic carbocycles. The van der Waals surface area contributed by atoms with E-state index >= 15 is 0 Å². The van der Waals surface area contributed by atoms with E-state index in [0.29, 0.717) is 12.3 Å². The summed E-state index contributed by atoms with van der Waals surface area (Å²) in [6.07, 6.45) is 2.70. The molecular weight excluding hydrogens is 360 g/mol. The van der Waals surface area contributed by atoms with Crippen LogP contribution in [0.1, 0.15) is 25.8 Å². The highest BCUT2D eigenvalue weighted by molar-refractivity contribution is 9.10. The van der Waals surface area contributed by atoms with Crippen molar-refractivity contribution < 1.29 is 14.7 Å². The van der Waals surface area contributed by atoms with Gasteiger partial charge in [-0.3, -0.25) is 4.79 Å². The van der Waals surface area contributed by atoms with E-state index in [1.54, 1.807) is 6.20 Å². The summed E-state index contributed by atoms with van der Waals surface area (Å²) in [4.78, 5) is 26.4. The SMILES string of the molecule is CC(C)CC(Br)C(=O)N[C@@H](Cc1c[nH]c2ccccc12)C(=O)O. The molecule has 5 nitrogen and oxygen atoms in total. The van der Waals surface area contributed by atoms with Crippen molar-refractivity contribution in [3.63, 3.8) is 0 Å². The molecule has 0 saturated heterocycles. The van der Waals surface area contributed by atoms with E-state index in [4.69, 9.17) is 0 Å². The van der Waals surface area contributed by atoms with E-state index in [2.05, 4.69) is 26.2 Å². The Bertz CT molecular complexity index is 696. The van der Waals surface area contributed by atoms with Gasteiger partial charge in [0.05, 0.1) is 4.83 Å². The molecule has 1 aromatic heterocycles. The van der Waals surface area contributed by atoms with E-state index in [-0.39, 0.29) is 17.2 Å². The normalized spacial score (nSPS) is 13.9. The third-order valence-corrected chi connectivity index (χ3v) is 4.47. The van der Waals surface area contributed by atoms with E-state index in [9.17, 15) is 14.7 Å². The van der Waals surface area contributed by atoms with Crippen LogP contribution in [0.15, 0.2) is 30.5 Å². The number of benzene rings is 1. The molecule has 0 radical (unpaired) electrons. The number of carbonyl (C=O) groups is 2. The molecule has 1 amide bonds. The maximum Gasteiger partial charge on any atom is 0.326 e. The number of aromatic nitrogens is 1. The first-order valence-electron chi connectivity index (χ1n) is 7.60. The number of carboxylic acid groups (broad SMARTS) is 1. The lowest BCUT2D eigenvalue weighted by atomic mass is 10.0. The lowest BCUT2D eigenvalue weighted by molar-refractivity contribution is -0.141. The maximum absolute atomic E-state index is 12.2. The second-order valence-electron chi connectivity index (χ2n) is 6.06. The Labute approximate surface area is 143 Å². The molecule has 124 valence electrons. The van der Waals surface area contributed by atoms with Crippen molar-refractivity contribution >= 4 is 38.7 Å². The molecule has 0 saturated carbocycles. The number of hydrogen-bond donors (Lipinski definition) is 3. The van der Waals surface area contributed by atoms with Gasteiger partial charge in [-0.15, -0.1) is 0 Å². The fourth-order valence-electron chi connectivity index (χ4n) is 2.50. The summed E-state index contributed by atoms with van der Waals surface area (Å²) in [5.41, 5.74) is 1.83. The van der Waals surface area contributed by atoms with E-state index < -0.39 is 12.0 Å². The number of carboxylic acids is 1. The van der Waals surface area contributed by atoms with Gasteiger partial charge >= 0.3 is 5.97 Å². The fourth-order valence-corrected chi connectivity index (χ4v) is 3.38. The molecule has 6 heteroatoms. The number of alkyl halides is 1. The van der Waals surface area contributed by atoms with Gasteiger partial charge in [0.1, 0.15) is 6.04 Å². The number of carbonyl (C=O) groups excluding carboxylic acids is 1. The maximum atomic E-state index is 12.2. The number of H-pyrrole nitrogens is 1. The number of nitrogens with one attached hydrogen (secondary N) is 2. The van der Waals surface area contributed by atoms with Gasteiger partial charge in [0.25, 0.3) is 0 Å². The lowest BCUT2D eigenvalue weighted by Crippen LogP contribution is -2.45. The van der Waals surface area contributed by atoms with Gasteiger partial charge in [-0.2, -0.15) is 0 Å². The van der Waals surface area contributed by atoms with Gasteiger partial charge in [-0.05, 0) is 24.0 Å². The predicted octanol–water partition coefficient (Wildman–Crippen LogP) is 3.09. The zero-order chi connectivity index (χ0) is 17.0. The Hall–Kier alpha value is -1.82. The highest BCUT2D eigenvalue weighted by Gasteiger charge is 2.25. The summed E-state index contributed by atoms with van der Waals surface area (Å²) in [7, 11) is 0. The van der Waals surface area contributed by atoms with Crippen LogP contribution in [0.2, 0.25) is 0 Å². The van der Waals surface area contributed by atoms with Crippen molar-refractivity contribution in [2.24, 2.45) is 5.92 Å². The number of amides is 1. The van der Waals surface area contributed by atoms with Gasteiger partial charge < -0.3 is 15.4 Å². The van der Waals surface area contributed by atoms with Gasteiger partial charge in [-0.1, -0.05) is 48.0 Å². The number of aromatic amines is 1. The summed E-state index contributed by atoms with van der Waals surface area (Å²) < 4.78 is 0. The molecule has 3 N–H and O–H groups in total. The minimum absolute atomic E-state index is 0.243. The first-order valence-corrected chi connectivity index (χ1v) is 8.52. The summed E-state index contributed by atoms with van der Waals surface area (Å²) in [5, 5.41) is 13.0. The molecule has 1 unspecified atom stereocenters. The summed E-state index contributed by atoms with van der Waals surface area (Å²) in [6, 6.07) is 6.75. The van der Waals surface area contributed by atoms with Crippen molar-refractivity contribution in [1.82, 2.24) is 10.3 Å². The minimum Gasteiger partial charge on any atom is -0.480 e. The Morgan fingerprint density at radius 1 is 1.30 bits per heavy atom. The third kappa shape index (κ3) is 4.58. The molecule has 0 bridgehead atoms. The van der Waals surface area contributed by atoms with Crippen molar-refractivity contribution in [3.05, 3.63) is 36.0 Å². The minimum atomic E-state index is -1.03. The Kier molecular flexibility index (Phi) is 5.82. The molecule has 0 aliphatic heterocycles. The van der Waals surface area contributed by atoms with Crippen molar-refractivity contribution in [1.29, 1.82) is 0 Å². The number of aliphatic carboxylic acids is 1. The Morgan fingerprint density at radius 2 is 2.00 bits per heavy atom. The highest BCUT2D eigenvalue weighted by Crippen LogP contribution is 2.19. The van der Waals surface area contributed by atoms with Gasteiger partial charge in [-0.25, -0.2) is 4.79 Å². The number of para-hydroxylation sites is 1. The Morgan fingerprint density at radius 3 is 2.65 bits per heavy atom. The van der Waals surface area contributed by atoms with Crippen molar-refractivity contribution in [2.75, 3.05) is 0 Å². The molecule has 0 aliphatic carbocycles. The average Bonchev–Trinajstić information content (AvgIpc) is 2.89. The van der Waals surface area contributed by atoms with Crippen LogP contribution in [0, 0.1) is 5.92 Å². The van der Waals surface area contributed by atoms with Crippen LogP contribution in [-0.2, 0) is 16.0 Å². The second kappa shape index (κ2) is 7.64. The summed E-state index contributed by atoms with van der Waals surface area (Å²) >= 11 is 3.33. The van der Waals surface area contributed by atoms with Crippen LogP contribution in [0.25, 0.3) is 10.9 Å². The van der Waals surface area contributed by atoms with Gasteiger partial charge in [0.2, 0.25) is 5.91 Å². The molecular formula is C17H21BrN2O3. The number of halogens is 1. The molecule has 0 fully saturated rings. The smallest absolute Gasteiger partial charge is 0.326 e. The molecule has 2 rings (SSSR count). The summed E-state index contributed by atoms with van der Waals surface area (Å²) in [6.45, 7) is 4.03. The number of rotatable bonds is 7. The first kappa shape index (κ1) is 17.5. The Balaban J connectivity index is 2.10. The second-order valence-corrected chi connectivity index (χ2v) is 7.17. The van der Waals surface area contributed by atoms with Crippen LogP contribution in [-0.4, -0.2) is 32.8 Å². The first-order chi connectivity index (χ1) is 10.9. The molecule has 2 aromatic rings. The van der Waals surface area contributed by atoms with Gasteiger partial charge in [0, 0.05) is 23.5 Å². The average molecular weight is 381 g/mol. The highest BCUT2D eigenvalue weighted by atomic mass is 79.9. The van der Waals surface area contributed by atoms with Crippen LogP contribution < -0.4 is 5.32 Å². The fraction of sp³-hybridized carbons (Fsp3) is 0.412. The standard InChI is InChI=1S/C17H21BrN2O3/c1-10(2)7-13(18)16(21)20-15(17(22)23)8-11-9-19-14-6-4-3-5-12(11)14/h3-6,9-10,13,15,19H,7-8H2,1-2H3,(H,20,21)(H,22,23)/t13?,15-/m0/s1. The largest absolute Gasteiger partial charge is 0.480 e.